The van der Waals surface area contributed by atoms with Gasteiger partial charge in [-0.2, -0.15) is 0 Å². The summed E-state index contributed by atoms with van der Waals surface area (Å²) in [6, 6.07) is 7.77. The normalized spacial score (nSPS) is 19.9. The first kappa shape index (κ1) is 11.7. The average Bonchev–Trinajstić information content (AvgIpc) is 2.38. The van der Waals surface area contributed by atoms with E-state index >= 15 is 0 Å². The molecule has 1 amide bonds. The van der Waals surface area contributed by atoms with E-state index in [1.165, 1.54) is 11.1 Å². The van der Waals surface area contributed by atoms with Crippen molar-refractivity contribution in [2.75, 3.05) is 0 Å². The summed E-state index contributed by atoms with van der Waals surface area (Å²) in [6.07, 6.45) is 5.96. The molecular weight excluding hydrogens is 212 g/mol. The SMILES string of the molecule is C#CC(C)NC(=O)[C@H]1Cc2ccccc2CN1. The minimum absolute atomic E-state index is 0.0232. The van der Waals surface area contributed by atoms with Crippen LogP contribution in [0, 0.1) is 12.3 Å². The minimum atomic E-state index is -0.221. The molecule has 1 aliphatic rings. The minimum Gasteiger partial charge on any atom is -0.341 e. The summed E-state index contributed by atoms with van der Waals surface area (Å²) in [4.78, 5) is 11.9. The zero-order chi connectivity index (χ0) is 12.3. The van der Waals surface area contributed by atoms with Crippen LogP contribution < -0.4 is 10.6 Å². The first-order valence-corrected chi connectivity index (χ1v) is 5.77. The highest BCUT2D eigenvalue weighted by Crippen LogP contribution is 2.16. The van der Waals surface area contributed by atoms with E-state index in [0.717, 1.165) is 13.0 Å². The second-order valence-corrected chi connectivity index (χ2v) is 4.30. The van der Waals surface area contributed by atoms with Gasteiger partial charge in [-0.05, 0) is 24.5 Å². The predicted octanol–water partition coefficient (Wildman–Crippen LogP) is 0.839. The van der Waals surface area contributed by atoms with Crippen LogP contribution in [0.1, 0.15) is 18.1 Å². The Bertz CT molecular complexity index is 462. The summed E-state index contributed by atoms with van der Waals surface area (Å²) in [5.41, 5.74) is 2.50. The average molecular weight is 228 g/mol. The Morgan fingerprint density at radius 2 is 2.24 bits per heavy atom. The van der Waals surface area contributed by atoms with Crippen molar-refractivity contribution in [1.82, 2.24) is 10.6 Å². The molecule has 0 saturated carbocycles. The van der Waals surface area contributed by atoms with Gasteiger partial charge in [-0.25, -0.2) is 0 Å². The maximum absolute atomic E-state index is 11.9. The highest BCUT2D eigenvalue weighted by Gasteiger charge is 2.24. The standard InChI is InChI=1S/C14H16N2O/c1-3-10(2)16-14(17)13-8-11-6-4-5-7-12(11)9-15-13/h1,4-7,10,13,15H,8-9H2,2H3,(H,16,17)/t10?,13-/m1/s1. The summed E-state index contributed by atoms with van der Waals surface area (Å²) in [5, 5.41) is 6.02. The number of terminal acetylenes is 1. The smallest absolute Gasteiger partial charge is 0.238 e. The topological polar surface area (TPSA) is 41.1 Å². The lowest BCUT2D eigenvalue weighted by molar-refractivity contribution is -0.123. The lowest BCUT2D eigenvalue weighted by Gasteiger charge is -2.25. The molecule has 1 unspecified atom stereocenters. The molecule has 1 heterocycles. The zero-order valence-corrected chi connectivity index (χ0v) is 9.86. The second-order valence-electron chi connectivity index (χ2n) is 4.30. The van der Waals surface area contributed by atoms with Gasteiger partial charge in [0.1, 0.15) is 0 Å². The van der Waals surface area contributed by atoms with E-state index in [0.29, 0.717) is 0 Å². The van der Waals surface area contributed by atoms with Crippen LogP contribution in [0.2, 0.25) is 0 Å². The lowest BCUT2D eigenvalue weighted by atomic mass is 9.95. The number of fused-ring (bicyclic) bond motifs is 1. The summed E-state index contributed by atoms with van der Waals surface area (Å²) in [5.74, 6) is 2.47. The van der Waals surface area contributed by atoms with Crippen molar-refractivity contribution in [3.05, 3.63) is 35.4 Å². The Labute approximate surface area is 102 Å². The fraction of sp³-hybridized carbons (Fsp3) is 0.357. The number of rotatable bonds is 2. The van der Waals surface area contributed by atoms with Crippen molar-refractivity contribution in [2.45, 2.75) is 32.0 Å². The van der Waals surface area contributed by atoms with E-state index in [2.05, 4.69) is 28.7 Å². The third-order valence-electron chi connectivity index (χ3n) is 3.01. The molecule has 3 heteroatoms. The third-order valence-corrected chi connectivity index (χ3v) is 3.01. The summed E-state index contributed by atoms with van der Waals surface area (Å²) in [6.45, 7) is 2.54. The molecule has 1 aromatic rings. The van der Waals surface area contributed by atoms with E-state index in [1.807, 2.05) is 12.1 Å². The fourth-order valence-corrected chi connectivity index (χ4v) is 2.00. The number of carbonyl (C=O) groups excluding carboxylic acids is 1. The van der Waals surface area contributed by atoms with Gasteiger partial charge in [0.2, 0.25) is 5.91 Å². The molecule has 1 aliphatic heterocycles. The Morgan fingerprint density at radius 3 is 2.94 bits per heavy atom. The van der Waals surface area contributed by atoms with Crippen molar-refractivity contribution in [3.8, 4) is 12.3 Å². The molecular formula is C14H16N2O. The molecule has 0 bridgehead atoms. The summed E-state index contributed by atoms with van der Waals surface area (Å²) >= 11 is 0. The quantitative estimate of drug-likeness (QED) is 0.736. The molecule has 2 rings (SSSR count). The van der Waals surface area contributed by atoms with E-state index in [1.54, 1.807) is 6.92 Å². The zero-order valence-electron chi connectivity index (χ0n) is 9.86. The fourth-order valence-electron chi connectivity index (χ4n) is 2.00. The first-order chi connectivity index (χ1) is 8.20. The summed E-state index contributed by atoms with van der Waals surface area (Å²) in [7, 11) is 0. The molecule has 0 aromatic heterocycles. The number of nitrogens with one attached hydrogen (secondary N) is 2. The predicted molar refractivity (Wildman–Crippen MR) is 67.2 cm³/mol. The van der Waals surface area contributed by atoms with E-state index < -0.39 is 0 Å². The first-order valence-electron chi connectivity index (χ1n) is 5.77. The van der Waals surface area contributed by atoms with E-state index in [-0.39, 0.29) is 18.0 Å². The molecule has 3 nitrogen and oxygen atoms in total. The molecule has 0 aliphatic carbocycles. The Morgan fingerprint density at radius 1 is 1.53 bits per heavy atom. The van der Waals surface area contributed by atoms with Crippen LogP contribution in [0.15, 0.2) is 24.3 Å². The lowest BCUT2D eigenvalue weighted by Crippen LogP contribution is -2.49. The Balaban J connectivity index is 2.03. The molecule has 0 spiro atoms. The maximum Gasteiger partial charge on any atom is 0.238 e. The molecule has 0 radical (unpaired) electrons. The molecule has 17 heavy (non-hydrogen) atoms. The molecule has 1 aromatic carbocycles. The van der Waals surface area contributed by atoms with Gasteiger partial charge in [-0.3, -0.25) is 4.79 Å². The van der Waals surface area contributed by atoms with Gasteiger partial charge in [0.15, 0.2) is 0 Å². The van der Waals surface area contributed by atoms with Crippen LogP contribution in [-0.4, -0.2) is 18.0 Å². The van der Waals surface area contributed by atoms with Crippen LogP contribution in [0.3, 0.4) is 0 Å². The highest BCUT2D eigenvalue weighted by atomic mass is 16.2. The third kappa shape index (κ3) is 2.66. The number of benzene rings is 1. The number of hydrogen-bond acceptors (Lipinski definition) is 2. The largest absolute Gasteiger partial charge is 0.341 e. The molecule has 0 fully saturated rings. The van der Waals surface area contributed by atoms with Crippen molar-refractivity contribution >= 4 is 5.91 Å². The maximum atomic E-state index is 11.9. The number of hydrogen-bond donors (Lipinski definition) is 2. The molecule has 0 saturated heterocycles. The van der Waals surface area contributed by atoms with E-state index in [9.17, 15) is 4.79 Å². The molecule has 2 N–H and O–H groups in total. The molecule has 88 valence electrons. The van der Waals surface area contributed by atoms with Crippen LogP contribution in [0.5, 0.6) is 0 Å². The van der Waals surface area contributed by atoms with E-state index in [4.69, 9.17) is 6.42 Å². The van der Waals surface area contributed by atoms with Crippen molar-refractivity contribution in [3.63, 3.8) is 0 Å². The summed E-state index contributed by atoms with van der Waals surface area (Å²) < 4.78 is 0. The van der Waals surface area contributed by atoms with Crippen LogP contribution in [0.25, 0.3) is 0 Å². The second kappa shape index (κ2) is 5.03. The van der Waals surface area contributed by atoms with Crippen LogP contribution >= 0.6 is 0 Å². The van der Waals surface area contributed by atoms with Crippen molar-refractivity contribution < 1.29 is 4.79 Å². The van der Waals surface area contributed by atoms with Crippen molar-refractivity contribution in [2.24, 2.45) is 0 Å². The van der Waals surface area contributed by atoms with Crippen LogP contribution in [-0.2, 0) is 17.8 Å². The van der Waals surface area contributed by atoms with Gasteiger partial charge >= 0.3 is 0 Å². The van der Waals surface area contributed by atoms with Gasteiger partial charge in [0.25, 0.3) is 0 Å². The Kier molecular flexibility index (Phi) is 3.46. The highest BCUT2D eigenvalue weighted by molar-refractivity contribution is 5.83. The van der Waals surface area contributed by atoms with Crippen LogP contribution in [0.4, 0.5) is 0 Å². The number of carbonyl (C=O) groups is 1. The van der Waals surface area contributed by atoms with Gasteiger partial charge in [0.05, 0.1) is 12.1 Å². The number of amides is 1. The monoisotopic (exact) mass is 228 g/mol. The molecule has 2 atom stereocenters. The Hall–Kier alpha value is -1.79. The van der Waals surface area contributed by atoms with Gasteiger partial charge in [-0.1, -0.05) is 30.2 Å². The van der Waals surface area contributed by atoms with Gasteiger partial charge in [-0.15, -0.1) is 6.42 Å². The van der Waals surface area contributed by atoms with Gasteiger partial charge < -0.3 is 10.6 Å². The van der Waals surface area contributed by atoms with Gasteiger partial charge in [0, 0.05) is 6.54 Å². The van der Waals surface area contributed by atoms with Crippen molar-refractivity contribution in [1.29, 1.82) is 0 Å².